The van der Waals surface area contributed by atoms with Crippen LogP contribution in [0.25, 0.3) is 0 Å². The van der Waals surface area contributed by atoms with Gasteiger partial charge in [0, 0.05) is 12.1 Å². The highest BCUT2D eigenvalue weighted by molar-refractivity contribution is 6.17. The van der Waals surface area contributed by atoms with Crippen molar-refractivity contribution in [3.63, 3.8) is 0 Å². The molecule has 1 saturated heterocycles. The quantitative estimate of drug-likeness (QED) is 0.718. The van der Waals surface area contributed by atoms with E-state index in [0.717, 1.165) is 18.4 Å². The number of fused-ring (bicyclic) bond motifs is 1. The van der Waals surface area contributed by atoms with Crippen LogP contribution >= 0.6 is 0 Å². The maximum Gasteiger partial charge on any atom is 0.332 e. The summed E-state index contributed by atoms with van der Waals surface area (Å²) >= 11 is 0. The number of benzene rings is 2. The zero-order chi connectivity index (χ0) is 23.5. The molecule has 1 aliphatic carbocycles. The number of hydrogen-bond donors (Lipinski definition) is 1. The number of urea groups is 1. The molecule has 4 rings (SSSR count). The van der Waals surface area contributed by atoms with Crippen LogP contribution in [-0.4, -0.2) is 49.6 Å². The molecule has 0 radical (unpaired) electrons. The number of ether oxygens (including phenoxy) is 2. The number of hydrogen-bond acceptors (Lipinski definition) is 5. The molecule has 0 spiro atoms. The third-order valence-electron chi connectivity index (χ3n) is 6.39. The summed E-state index contributed by atoms with van der Waals surface area (Å²) in [5.41, 5.74) is 2.02. The van der Waals surface area contributed by atoms with Crippen molar-refractivity contribution in [2.75, 3.05) is 31.0 Å². The molecule has 8 heteroatoms. The van der Waals surface area contributed by atoms with Gasteiger partial charge in [0.15, 0.2) is 0 Å². The molecule has 174 valence electrons. The Hall–Kier alpha value is -3.55. The predicted octanol–water partition coefficient (Wildman–Crippen LogP) is 3.98. The van der Waals surface area contributed by atoms with Crippen LogP contribution in [0.1, 0.15) is 31.2 Å². The van der Waals surface area contributed by atoms with E-state index < -0.39 is 6.03 Å². The van der Waals surface area contributed by atoms with E-state index in [1.165, 1.54) is 12.0 Å². The van der Waals surface area contributed by atoms with Crippen LogP contribution in [0.2, 0.25) is 0 Å². The normalized spacial score (nSPS) is 20.3. The molecule has 33 heavy (non-hydrogen) atoms. The highest BCUT2D eigenvalue weighted by atomic mass is 16.5. The van der Waals surface area contributed by atoms with Crippen LogP contribution in [0, 0.1) is 12.8 Å². The Bertz CT molecular complexity index is 1050. The Balaban J connectivity index is 1.59. The molecule has 8 nitrogen and oxygen atoms in total. The minimum Gasteiger partial charge on any atom is -0.497 e. The second-order valence-electron chi connectivity index (χ2n) is 8.49. The largest absolute Gasteiger partial charge is 0.497 e. The van der Waals surface area contributed by atoms with Crippen LogP contribution in [0.5, 0.6) is 11.5 Å². The van der Waals surface area contributed by atoms with E-state index in [0.29, 0.717) is 35.7 Å². The number of methoxy groups -OCH3 is 2. The molecule has 2 atom stereocenters. The molecule has 1 N–H and O–H groups in total. The van der Waals surface area contributed by atoms with Gasteiger partial charge in [-0.05, 0) is 44.0 Å². The fraction of sp³-hybridized carbons (Fsp3) is 0.400. The van der Waals surface area contributed by atoms with Crippen LogP contribution < -0.4 is 19.7 Å². The van der Waals surface area contributed by atoms with Crippen LogP contribution in [-0.2, 0) is 9.59 Å². The molecule has 1 saturated carbocycles. The van der Waals surface area contributed by atoms with Crippen molar-refractivity contribution in [1.82, 2.24) is 4.90 Å². The summed E-state index contributed by atoms with van der Waals surface area (Å²) in [6.07, 6.45) is 3.28. The Labute approximate surface area is 193 Å². The average molecular weight is 452 g/mol. The summed E-state index contributed by atoms with van der Waals surface area (Å²) in [4.78, 5) is 42.6. The molecule has 2 aromatic rings. The topological polar surface area (TPSA) is 88.2 Å². The monoisotopic (exact) mass is 451 g/mol. The van der Waals surface area contributed by atoms with Gasteiger partial charge in [0.2, 0.25) is 11.8 Å². The summed E-state index contributed by atoms with van der Waals surface area (Å²) in [6, 6.07) is 11.7. The molecule has 2 fully saturated rings. The first-order chi connectivity index (χ1) is 15.9. The Morgan fingerprint density at radius 2 is 1.76 bits per heavy atom. The summed E-state index contributed by atoms with van der Waals surface area (Å²) < 4.78 is 10.6. The van der Waals surface area contributed by atoms with Gasteiger partial charge in [-0.15, -0.1) is 0 Å². The summed E-state index contributed by atoms with van der Waals surface area (Å²) in [7, 11) is 3.06. The maximum absolute atomic E-state index is 13.5. The SMILES string of the molecule is COc1ccc(OC)c(NC(=O)CN2C(=O)N(c3ccc(C)cc3)C(=O)C3CCCCC32)c1. The summed E-state index contributed by atoms with van der Waals surface area (Å²) in [5.74, 6) is 0.207. The van der Waals surface area contributed by atoms with Crippen molar-refractivity contribution in [1.29, 1.82) is 0 Å². The molecule has 2 aromatic carbocycles. The standard InChI is InChI=1S/C25H29N3O5/c1-16-8-10-17(11-9-16)28-24(30)19-6-4-5-7-21(19)27(25(28)31)15-23(29)26-20-14-18(32-2)12-13-22(20)33-3/h8-14,19,21H,4-7,15H2,1-3H3,(H,26,29). The van der Waals surface area contributed by atoms with Gasteiger partial charge in [0.1, 0.15) is 18.0 Å². The third kappa shape index (κ3) is 4.51. The molecule has 1 heterocycles. The summed E-state index contributed by atoms with van der Waals surface area (Å²) in [5, 5.41) is 2.83. The number of imide groups is 1. The Morgan fingerprint density at radius 3 is 2.45 bits per heavy atom. The smallest absolute Gasteiger partial charge is 0.332 e. The number of amides is 4. The highest BCUT2D eigenvalue weighted by Gasteiger charge is 2.48. The molecular formula is C25H29N3O5. The van der Waals surface area contributed by atoms with Crippen molar-refractivity contribution in [3.05, 3.63) is 48.0 Å². The zero-order valence-corrected chi connectivity index (χ0v) is 19.2. The van der Waals surface area contributed by atoms with E-state index in [4.69, 9.17) is 9.47 Å². The Morgan fingerprint density at radius 1 is 1.03 bits per heavy atom. The van der Waals surface area contributed by atoms with E-state index in [9.17, 15) is 14.4 Å². The fourth-order valence-corrected chi connectivity index (χ4v) is 4.68. The van der Waals surface area contributed by atoms with Gasteiger partial charge in [0.05, 0.1) is 31.5 Å². The van der Waals surface area contributed by atoms with Crippen molar-refractivity contribution < 1.29 is 23.9 Å². The lowest BCUT2D eigenvalue weighted by Gasteiger charge is -2.46. The number of anilines is 2. The van der Waals surface area contributed by atoms with Gasteiger partial charge >= 0.3 is 6.03 Å². The molecule has 2 unspecified atom stereocenters. The second-order valence-corrected chi connectivity index (χ2v) is 8.49. The lowest BCUT2D eigenvalue weighted by Crippen LogP contribution is -2.64. The van der Waals surface area contributed by atoms with Crippen LogP contribution in [0.15, 0.2) is 42.5 Å². The molecule has 1 aliphatic heterocycles. The minimum absolute atomic E-state index is 0.157. The van der Waals surface area contributed by atoms with Gasteiger partial charge in [-0.2, -0.15) is 0 Å². The van der Waals surface area contributed by atoms with Crippen LogP contribution in [0.3, 0.4) is 0 Å². The lowest BCUT2D eigenvalue weighted by molar-refractivity contribution is -0.128. The molecule has 0 bridgehead atoms. The molecule has 4 amide bonds. The maximum atomic E-state index is 13.5. The van der Waals surface area contributed by atoms with Crippen LogP contribution in [0.4, 0.5) is 16.2 Å². The Kier molecular flexibility index (Phi) is 6.53. The van der Waals surface area contributed by atoms with Gasteiger partial charge in [-0.3, -0.25) is 9.59 Å². The first-order valence-electron chi connectivity index (χ1n) is 11.2. The van der Waals surface area contributed by atoms with E-state index >= 15 is 0 Å². The number of carbonyl (C=O) groups excluding carboxylic acids is 3. The van der Waals surface area contributed by atoms with E-state index in [-0.39, 0.29) is 30.3 Å². The first-order valence-corrected chi connectivity index (χ1v) is 11.2. The second kappa shape index (κ2) is 9.52. The number of nitrogens with zero attached hydrogens (tertiary/aromatic N) is 2. The molecule has 0 aromatic heterocycles. The summed E-state index contributed by atoms with van der Waals surface area (Å²) in [6.45, 7) is 1.79. The third-order valence-corrected chi connectivity index (χ3v) is 6.39. The van der Waals surface area contributed by atoms with Gasteiger partial charge < -0.3 is 19.7 Å². The van der Waals surface area contributed by atoms with Gasteiger partial charge in [0.25, 0.3) is 0 Å². The van der Waals surface area contributed by atoms with E-state index in [1.54, 1.807) is 42.3 Å². The van der Waals surface area contributed by atoms with Crippen molar-refractivity contribution in [2.45, 2.75) is 38.6 Å². The number of nitrogens with one attached hydrogen (secondary N) is 1. The first kappa shape index (κ1) is 22.6. The van der Waals surface area contributed by atoms with Crippen molar-refractivity contribution in [3.8, 4) is 11.5 Å². The number of rotatable bonds is 6. The van der Waals surface area contributed by atoms with Gasteiger partial charge in [-0.25, -0.2) is 9.69 Å². The minimum atomic E-state index is -0.459. The zero-order valence-electron chi connectivity index (χ0n) is 19.2. The number of carbonyl (C=O) groups is 3. The molecule has 2 aliphatic rings. The van der Waals surface area contributed by atoms with Gasteiger partial charge in [-0.1, -0.05) is 30.5 Å². The molecular weight excluding hydrogens is 422 g/mol. The predicted molar refractivity (Wildman–Crippen MR) is 125 cm³/mol. The fourth-order valence-electron chi connectivity index (χ4n) is 4.68. The number of aryl methyl sites for hydroxylation is 1. The van der Waals surface area contributed by atoms with E-state index in [1.807, 2.05) is 19.1 Å². The average Bonchev–Trinajstić information content (AvgIpc) is 2.83. The highest BCUT2D eigenvalue weighted by Crippen LogP contribution is 2.37. The van der Waals surface area contributed by atoms with Crippen molar-refractivity contribution in [2.24, 2.45) is 5.92 Å². The lowest BCUT2D eigenvalue weighted by atomic mass is 9.81. The van der Waals surface area contributed by atoms with E-state index in [2.05, 4.69) is 5.32 Å². The van der Waals surface area contributed by atoms with Crippen molar-refractivity contribution >= 4 is 29.2 Å².